The van der Waals surface area contributed by atoms with Crippen LogP contribution in [0.25, 0.3) is 0 Å². The summed E-state index contributed by atoms with van der Waals surface area (Å²) in [6.07, 6.45) is 0.612. The molecule has 176 valence electrons. The highest BCUT2D eigenvalue weighted by atomic mass is 16.5. The molecule has 1 aliphatic heterocycles. The average Bonchev–Trinajstić information content (AvgIpc) is 3.15. The molecule has 0 spiro atoms. The van der Waals surface area contributed by atoms with Gasteiger partial charge in [-0.15, -0.1) is 0 Å². The van der Waals surface area contributed by atoms with Crippen LogP contribution < -0.4 is 19.5 Å². The van der Waals surface area contributed by atoms with Crippen molar-refractivity contribution in [3.05, 3.63) is 89.0 Å². The molecule has 0 aliphatic carbocycles. The van der Waals surface area contributed by atoms with Crippen molar-refractivity contribution in [3.63, 3.8) is 0 Å². The van der Waals surface area contributed by atoms with Crippen LogP contribution in [0.5, 0.6) is 17.2 Å². The number of methoxy groups -OCH3 is 3. The standard InChI is InChI=1S/C27H28N2O5/c1-32-22-11-7-4-8-19(22)17-29-25(20-9-5-6-10-21(20)27(29)31)26(30)28-15-14-18-12-13-23(33-2)24(16-18)34-3/h4-13,16,25H,14-15,17H2,1-3H3,(H,28,30). The lowest BCUT2D eigenvalue weighted by Gasteiger charge is -2.25. The van der Waals surface area contributed by atoms with E-state index in [1.54, 1.807) is 32.3 Å². The molecule has 4 rings (SSSR count). The number of ether oxygens (including phenoxy) is 3. The van der Waals surface area contributed by atoms with E-state index in [4.69, 9.17) is 14.2 Å². The minimum Gasteiger partial charge on any atom is -0.496 e. The normalized spacial score (nSPS) is 14.5. The molecule has 2 amide bonds. The molecule has 7 heteroatoms. The highest BCUT2D eigenvalue weighted by Gasteiger charge is 2.41. The van der Waals surface area contributed by atoms with Crippen LogP contribution >= 0.6 is 0 Å². The lowest BCUT2D eigenvalue weighted by atomic mass is 10.0. The summed E-state index contributed by atoms with van der Waals surface area (Å²) in [7, 11) is 4.78. The molecule has 1 atom stereocenters. The van der Waals surface area contributed by atoms with Gasteiger partial charge in [0.15, 0.2) is 11.5 Å². The van der Waals surface area contributed by atoms with Crippen LogP contribution in [0.2, 0.25) is 0 Å². The first-order valence-electron chi connectivity index (χ1n) is 11.1. The predicted octanol–water partition coefficient (Wildman–Crippen LogP) is 3.77. The van der Waals surface area contributed by atoms with Crippen molar-refractivity contribution in [3.8, 4) is 17.2 Å². The van der Waals surface area contributed by atoms with Gasteiger partial charge in [-0.1, -0.05) is 42.5 Å². The number of hydrogen-bond donors (Lipinski definition) is 1. The van der Waals surface area contributed by atoms with E-state index in [9.17, 15) is 9.59 Å². The van der Waals surface area contributed by atoms with E-state index in [1.807, 2.05) is 60.7 Å². The van der Waals surface area contributed by atoms with Crippen LogP contribution in [0.3, 0.4) is 0 Å². The Morgan fingerprint density at radius 3 is 2.35 bits per heavy atom. The predicted molar refractivity (Wildman–Crippen MR) is 128 cm³/mol. The van der Waals surface area contributed by atoms with Crippen molar-refractivity contribution >= 4 is 11.8 Å². The number of para-hydroxylation sites is 1. The Kier molecular flexibility index (Phi) is 7.01. The Morgan fingerprint density at radius 1 is 0.882 bits per heavy atom. The molecule has 0 fully saturated rings. The van der Waals surface area contributed by atoms with Crippen LogP contribution in [0.15, 0.2) is 66.7 Å². The zero-order chi connectivity index (χ0) is 24.1. The Hall–Kier alpha value is -4.00. The van der Waals surface area contributed by atoms with E-state index in [0.29, 0.717) is 41.3 Å². The number of amides is 2. The Balaban J connectivity index is 1.51. The topological polar surface area (TPSA) is 77.1 Å². The fourth-order valence-electron chi connectivity index (χ4n) is 4.30. The van der Waals surface area contributed by atoms with E-state index < -0.39 is 6.04 Å². The first-order chi connectivity index (χ1) is 16.6. The first-order valence-corrected chi connectivity index (χ1v) is 11.1. The van der Waals surface area contributed by atoms with Gasteiger partial charge in [0.2, 0.25) is 5.91 Å². The van der Waals surface area contributed by atoms with Crippen molar-refractivity contribution in [2.75, 3.05) is 27.9 Å². The number of fused-ring (bicyclic) bond motifs is 1. The van der Waals surface area contributed by atoms with Crippen molar-refractivity contribution < 1.29 is 23.8 Å². The molecule has 1 N–H and O–H groups in total. The minimum absolute atomic E-state index is 0.165. The van der Waals surface area contributed by atoms with Crippen LogP contribution in [0, 0.1) is 0 Å². The van der Waals surface area contributed by atoms with Crippen LogP contribution in [0.4, 0.5) is 0 Å². The zero-order valence-electron chi connectivity index (χ0n) is 19.5. The molecular weight excluding hydrogens is 432 g/mol. The van der Waals surface area contributed by atoms with E-state index in [0.717, 1.165) is 11.1 Å². The van der Waals surface area contributed by atoms with Gasteiger partial charge in [0.25, 0.3) is 5.91 Å². The maximum absolute atomic E-state index is 13.3. The maximum Gasteiger partial charge on any atom is 0.255 e. The number of nitrogens with zero attached hydrogens (tertiary/aromatic N) is 1. The summed E-state index contributed by atoms with van der Waals surface area (Å²) in [5.41, 5.74) is 3.12. The number of nitrogens with one attached hydrogen (secondary N) is 1. The van der Waals surface area contributed by atoms with Gasteiger partial charge >= 0.3 is 0 Å². The van der Waals surface area contributed by atoms with Gasteiger partial charge in [-0.2, -0.15) is 0 Å². The molecule has 0 saturated carbocycles. The third kappa shape index (κ3) is 4.55. The lowest BCUT2D eigenvalue weighted by molar-refractivity contribution is -0.125. The molecule has 34 heavy (non-hydrogen) atoms. The molecule has 0 saturated heterocycles. The van der Waals surface area contributed by atoms with Crippen molar-refractivity contribution in [1.29, 1.82) is 0 Å². The molecule has 1 aliphatic rings. The largest absolute Gasteiger partial charge is 0.496 e. The van der Waals surface area contributed by atoms with Crippen LogP contribution in [-0.4, -0.2) is 44.6 Å². The minimum atomic E-state index is -0.709. The lowest BCUT2D eigenvalue weighted by Crippen LogP contribution is -2.39. The molecule has 3 aromatic rings. The summed E-state index contributed by atoms with van der Waals surface area (Å²) in [5.74, 6) is 1.60. The number of benzene rings is 3. The van der Waals surface area contributed by atoms with Gasteiger partial charge < -0.3 is 24.4 Å². The molecular formula is C27H28N2O5. The van der Waals surface area contributed by atoms with Gasteiger partial charge in [-0.05, 0) is 41.8 Å². The Labute approximate surface area is 199 Å². The van der Waals surface area contributed by atoms with Gasteiger partial charge in [0.1, 0.15) is 11.8 Å². The average molecular weight is 461 g/mol. The Morgan fingerprint density at radius 2 is 1.59 bits per heavy atom. The van der Waals surface area contributed by atoms with Crippen molar-refractivity contribution in [1.82, 2.24) is 10.2 Å². The van der Waals surface area contributed by atoms with Crippen LogP contribution in [-0.2, 0) is 17.8 Å². The molecule has 0 radical (unpaired) electrons. The first kappa shape index (κ1) is 23.2. The second-order valence-electron chi connectivity index (χ2n) is 7.97. The van der Waals surface area contributed by atoms with Gasteiger partial charge in [-0.3, -0.25) is 9.59 Å². The zero-order valence-corrected chi connectivity index (χ0v) is 19.5. The number of carbonyl (C=O) groups is 2. The third-order valence-electron chi connectivity index (χ3n) is 6.00. The van der Waals surface area contributed by atoms with Gasteiger partial charge in [0, 0.05) is 17.7 Å². The second-order valence-corrected chi connectivity index (χ2v) is 7.97. The van der Waals surface area contributed by atoms with E-state index in [-0.39, 0.29) is 18.4 Å². The molecule has 0 aromatic heterocycles. The van der Waals surface area contributed by atoms with Crippen LogP contribution in [0.1, 0.15) is 33.1 Å². The van der Waals surface area contributed by atoms with E-state index in [1.165, 1.54) is 0 Å². The molecule has 7 nitrogen and oxygen atoms in total. The highest BCUT2D eigenvalue weighted by Crippen LogP contribution is 2.36. The molecule has 3 aromatic carbocycles. The smallest absolute Gasteiger partial charge is 0.255 e. The van der Waals surface area contributed by atoms with Gasteiger partial charge in [0.05, 0.1) is 27.9 Å². The Bertz CT molecular complexity index is 1190. The SMILES string of the molecule is COc1ccccc1CN1C(=O)c2ccccc2C1C(=O)NCCc1ccc(OC)c(OC)c1. The number of hydrogen-bond acceptors (Lipinski definition) is 5. The van der Waals surface area contributed by atoms with E-state index >= 15 is 0 Å². The maximum atomic E-state index is 13.3. The summed E-state index contributed by atoms with van der Waals surface area (Å²) in [6.45, 7) is 0.689. The number of rotatable bonds is 9. The summed E-state index contributed by atoms with van der Waals surface area (Å²) in [4.78, 5) is 28.2. The van der Waals surface area contributed by atoms with E-state index in [2.05, 4.69) is 5.32 Å². The summed E-state index contributed by atoms with van der Waals surface area (Å²) >= 11 is 0. The highest BCUT2D eigenvalue weighted by molar-refractivity contribution is 6.04. The fourth-order valence-corrected chi connectivity index (χ4v) is 4.30. The van der Waals surface area contributed by atoms with Crippen molar-refractivity contribution in [2.24, 2.45) is 0 Å². The second kappa shape index (κ2) is 10.3. The number of carbonyl (C=O) groups excluding carboxylic acids is 2. The fraction of sp³-hybridized carbons (Fsp3) is 0.259. The molecule has 1 heterocycles. The molecule has 0 bridgehead atoms. The molecule has 1 unspecified atom stereocenters. The quantitative estimate of drug-likeness (QED) is 0.526. The summed E-state index contributed by atoms with van der Waals surface area (Å²) in [6, 6.07) is 19.8. The van der Waals surface area contributed by atoms with Gasteiger partial charge in [-0.25, -0.2) is 0 Å². The monoisotopic (exact) mass is 460 g/mol. The summed E-state index contributed by atoms with van der Waals surface area (Å²) in [5, 5.41) is 3.01. The third-order valence-corrected chi connectivity index (χ3v) is 6.00. The van der Waals surface area contributed by atoms with Crippen molar-refractivity contribution in [2.45, 2.75) is 19.0 Å². The summed E-state index contributed by atoms with van der Waals surface area (Å²) < 4.78 is 16.1.